The van der Waals surface area contributed by atoms with Crippen LogP contribution in [0, 0.1) is 5.95 Å². The Labute approximate surface area is 126 Å². The van der Waals surface area contributed by atoms with E-state index < -0.39 is 17.9 Å². The maximum atomic E-state index is 12.9. The van der Waals surface area contributed by atoms with Crippen LogP contribution in [0.2, 0.25) is 0 Å². The van der Waals surface area contributed by atoms with E-state index in [-0.39, 0.29) is 11.5 Å². The van der Waals surface area contributed by atoms with E-state index in [1.54, 1.807) is 6.07 Å². The molecule has 2 N–H and O–H groups in total. The zero-order valence-electron chi connectivity index (χ0n) is 11.7. The highest BCUT2D eigenvalue weighted by Gasteiger charge is 2.34. The Morgan fingerprint density at radius 1 is 1.23 bits per heavy atom. The van der Waals surface area contributed by atoms with Crippen molar-refractivity contribution in [2.24, 2.45) is 5.73 Å². The Morgan fingerprint density at radius 2 is 2.00 bits per heavy atom. The van der Waals surface area contributed by atoms with E-state index in [4.69, 9.17) is 5.73 Å². The molecule has 0 spiro atoms. The number of primary amides is 1. The van der Waals surface area contributed by atoms with Crippen LogP contribution in [0.4, 0.5) is 4.39 Å². The van der Waals surface area contributed by atoms with Gasteiger partial charge in [-0.3, -0.25) is 9.59 Å². The quantitative estimate of drug-likeness (QED) is 0.853. The van der Waals surface area contributed by atoms with Crippen molar-refractivity contribution in [3.63, 3.8) is 0 Å². The van der Waals surface area contributed by atoms with Crippen LogP contribution in [0.25, 0.3) is 0 Å². The fraction of sp³-hybridized carbons (Fsp3) is 0.188. The maximum absolute atomic E-state index is 12.9. The molecule has 0 saturated heterocycles. The molecular weight excluding hydrogens is 285 g/mol. The van der Waals surface area contributed by atoms with Gasteiger partial charge < -0.3 is 10.6 Å². The number of halogens is 1. The SMILES string of the molecule is NC(=O)[C@H]1c2ccccc2CCN1C(=O)c1ccc(F)nc1. The molecule has 1 aliphatic heterocycles. The fourth-order valence-electron chi connectivity index (χ4n) is 2.76. The number of nitrogens with two attached hydrogens (primary N) is 1. The molecule has 112 valence electrons. The largest absolute Gasteiger partial charge is 0.368 e. The van der Waals surface area contributed by atoms with Gasteiger partial charge in [-0.1, -0.05) is 24.3 Å². The maximum Gasteiger partial charge on any atom is 0.256 e. The smallest absolute Gasteiger partial charge is 0.256 e. The summed E-state index contributed by atoms with van der Waals surface area (Å²) in [6, 6.07) is 9.07. The number of benzene rings is 1. The molecular formula is C16H14FN3O2. The summed E-state index contributed by atoms with van der Waals surface area (Å²) in [5.41, 5.74) is 7.48. The molecule has 5 nitrogen and oxygen atoms in total. The molecule has 0 saturated carbocycles. The highest BCUT2D eigenvalue weighted by molar-refractivity contribution is 5.97. The summed E-state index contributed by atoms with van der Waals surface area (Å²) in [5, 5.41) is 0. The summed E-state index contributed by atoms with van der Waals surface area (Å²) in [7, 11) is 0. The minimum atomic E-state index is -0.817. The number of carbonyl (C=O) groups is 2. The van der Waals surface area contributed by atoms with Crippen molar-refractivity contribution in [1.29, 1.82) is 0 Å². The summed E-state index contributed by atoms with van der Waals surface area (Å²) in [5.74, 6) is -1.63. The summed E-state index contributed by atoms with van der Waals surface area (Å²) in [4.78, 5) is 29.4. The number of rotatable bonds is 2. The lowest BCUT2D eigenvalue weighted by atomic mass is 9.91. The van der Waals surface area contributed by atoms with Crippen LogP contribution < -0.4 is 5.73 Å². The molecule has 2 amide bonds. The van der Waals surface area contributed by atoms with E-state index in [2.05, 4.69) is 4.98 Å². The molecule has 22 heavy (non-hydrogen) atoms. The molecule has 3 rings (SSSR count). The summed E-state index contributed by atoms with van der Waals surface area (Å²) < 4.78 is 12.9. The van der Waals surface area contributed by atoms with Crippen LogP contribution in [0.5, 0.6) is 0 Å². The van der Waals surface area contributed by atoms with Gasteiger partial charge in [-0.25, -0.2) is 4.98 Å². The molecule has 2 heterocycles. The number of amides is 2. The Morgan fingerprint density at radius 3 is 2.68 bits per heavy atom. The number of fused-ring (bicyclic) bond motifs is 1. The standard InChI is InChI=1S/C16H14FN3O2/c17-13-6-5-11(9-19-13)16(22)20-8-7-10-3-1-2-4-12(10)14(20)15(18)21/h1-6,9,14H,7-8H2,(H2,18,21)/t14-/m1/s1. The molecule has 0 unspecified atom stereocenters. The Balaban J connectivity index is 1.98. The first-order chi connectivity index (χ1) is 10.6. The molecule has 0 radical (unpaired) electrons. The van der Waals surface area contributed by atoms with Gasteiger partial charge in [0.2, 0.25) is 11.9 Å². The summed E-state index contributed by atoms with van der Waals surface area (Å²) >= 11 is 0. The predicted octanol–water partition coefficient (Wildman–Crippen LogP) is 1.45. The van der Waals surface area contributed by atoms with Crippen molar-refractivity contribution in [3.8, 4) is 0 Å². The zero-order valence-corrected chi connectivity index (χ0v) is 11.7. The van der Waals surface area contributed by atoms with Gasteiger partial charge >= 0.3 is 0 Å². The summed E-state index contributed by atoms with van der Waals surface area (Å²) in [6.45, 7) is 0.376. The topological polar surface area (TPSA) is 76.3 Å². The third-order valence-electron chi connectivity index (χ3n) is 3.79. The number of nitrogens with zero attached hydrogens (tertiary/aromatic N) is 2. The lowest BCUT2D eigenvalue weighted by molar-refractivity contribution is -0.123. The second kappa shape index (κ2) is 5.55. The van der Waals surface area contributed by atoms with Crippen molar-refractivity contribution in [2.75, 3.05) is 6.54 Å². The number of hydrogen-bond acceptors (Lipinski definition) is 3. The first kappa shape index (κ1) is 14.2. The molecule has 1 aromatic carbocycles. The monoisotopic (exact) mass is 299 g/mol. The van der Waals surface area contributed by atoms with Crippen LogP contribution in [0.3, 0.4) is 0 Å². The van der Waals surface area contributed by atoms with Crippen molar-refractivity contribution < 1.29 is 14.0 Å². The van der Waals surface area contributed by atoms with Gasteiger partial charge in [0.15, 0.2) is 0 Å². The summed E-state index contributed by atoms with van der Waals surface area (Å²) in [6.07, 6.45) is 1.80. The highest BCUT2D eigenvalue weighted by Crippen LogP contribution is 2.30. The Kier molecular flexibility index (Phi) is 3.58. The van der Waals surface area contributed by atoms with E-state index in [1.165, 1.54) is 11.0 Å². The van der Waals surface area contributed by atoms with Gasteiger partial charge in [-0.05, 0) is 29.7 Å². The van der Waals surface area contributed by atoms with Gasteiger partial charge in [0.05, 0.1) is 5.56 Å². The Hall–Kier alpha value is -2.76. The van der Waals surface area contributed by atoms with Crippen LogP contribution in [-0.4, -0.2) is 28.2 Å². The van der Waals surface area contributed by atoms with Crippen LogP contribution in [0.15, 0.2) is 42.6 Å². The molecule has 1 atom stereocenters. The van der Waals surface area contributed by atoms with Crippen molar-refractivity contribution in [1.82, 2.24) is 9.88 Å². The first-order valence-corrected chi connectivity index (χ1v) is 6.87. The minimum Gasteiger partial charge on any atom is -0.368 e. The number of hydrogen-bond donors (Lipinski definition) is 1. The van der Waals surface area contributed by atoms with Crippen molar-refractivity contribution >= 4 is 11.8 Å². The van der Waals surface area contributed by atoms with Gasteiger partial charge in [0.25, 0.3) is 5.91 Å². The van der Waals surface area contributed by atoms with Crippen LogP contribution in [-0.2, 0) is 11.2 Å². The first-order valence-electron chi connectivity index (χ1n) is 6.87. The van der Waals surface area contributed by atoms with Gasteiger partial charge in [-0.15, -0.1) is 0 Å². The van der Waals surface area contributed by atoms with Gasteiger partial charge in [0.1, 0.15) is 6.04 Å². The lowest BCUT2D eigenvalue weighted by Crippen LogP contribution is -2.45. The molecule has 2 aromatic rings. The lowest BCUT2D eigenvalue weighted by Gasteiger charge is -2.35. The van der Waals surface area contributed by atoms with Crippen molar-refractivity contribution in [2.45, 2.75) is 12.5 Å². The second-order valence-corrected chi connectivity index (χ2v) is 5.12. The van der Waals surface area contributed by atoms with Crippen molar-refractivity contribution in [3.05, 3.63) is 65.2 Å². The number of aromatic nitrogens is 1. The average molecular weight is 299 g/mol. The normalized spacial score (nSPS) is 17.0. The average Bonchev–Trinajstić information content (AvgIpc) is 2.53. The molecule has 6 heteroatoms. The third kappa shape index (κ3) is 2.43. The number of pyridine rings is 1. The zero-order chi connectivity index (χ0) is 15.7. The fourth-order valence-corrected chi connectivity index (χ4v) is 2.76. The molecule has 0 aliphatic carbocycles. The third-order valence-corrected chi connectivity index (χ3v) is 3.79. The van der Waals surface area contributed by atoms with E-state index in [1.807, 2.05) is 18.2 Å². The van der Waals surface area contributed by atoms with E-state index in [0.717, 1.165) is 23.4 Å². The Bertz CT molecular complexity index is 730. The molecule has 0 fully saturated rings. The van der Waals surface area contributed by atoms with E-state index in [0.29, 0.717) is 13.0 Å². The predicted molar refractivity (Wildman–Crippen MR) is 77.3 cm³/mol. The van der Waals surface area contributed by atoms with Gasteiger partial charge in [-0.2, -0.15) is 4.39 Å². The molecule has 1 aromatic heterocycles. The molecule has 1 aliphatic rings. The highest BCUT2D eigenvalue weighted by atomic mass is 19.1. The minimum absolute atomic E-state index is 0.229. The van der Waals surface area contributed by atoms with Crippen LogP contribution in [0.1, 0.15) is 27.5 Å². The van der Waals surface area contributed by atoms with Gasteiger partial charge in [0, 0.05) is 12.7 Å². The van der Waals surface area contributed by atoms with E-state index >= 15 is 0 Å². The number of carbonyl (C=O) groups excluding carboxylic acids is 2. The second-order valence-electron chi connectivity index (χ2n) is 5.12. The van der Waals surface area contributed by atoms with Crippen LogP contribution >= 0.6 is 0 Å². The molecule has 0 bridgehead atoms. The van der Waals surface area contributed by atoms with E-state index in [9.17, 15) is 14.0 Å².